The predicted octanol–water partition coefficient (Wildman–Crippen LogP) is 2.47. The van der Waals surface area contributed by atoms with Gasteiger partial charge < -0.3 is 15.2 Å². The molecule has 2 N–H and O–H groups in total. The highest BCUT2D eigenvalue weighted by Crippen LogP contribution is 2.43. The quantitative estimate of drug-likeness (QED) is 0.411. The minimum absolute atomic E-state index is 0.296. The van der Waals surface area contributed by atoms with E-state index < -0.39 is 17.2 Å². The van der Waals surface area contributed by atoms with Gasteiger partial charge in [-0.25, -0.2) is 0 Å². The van der Waals surface area contributed by atoms with Gasteiger partial charge in [0.25, 0.3) is 17.6 Å². The van der Waals surface area contributed by atoms with Gasteiger partial charge in [0.1, 0.15) is 11.2 Å². The second-order valence-corrected chi connectivity index (χ2v) is 9.34. The summed E-state index contributed by atoms with van der Waals surface area (Å²) in [5.41, 5.74) is 2.60. The van der Waals surface area contributed by atoms with E-state index in [0.717, 1.165) is 12.0 Å². The fraction of sp³-hybridized carbons (Fsp3) is 0.391. The van der Waals surface area contributed by atoms with Crippen LogP contribution in [0.3, 0.4) is 0 Å². The van der Waals surface area contributed by atoms with Gasteiger partial charge in [-0.3, -0.25) is 14.4 Å². The highest BCUT2D eigenvalue weighted by Gasteiger charge is 2.51. The van der Waals surface area contributed by atoms with E-state index >= 15 is 0 Å². The highest BCUT2D eigenvalue weighted by molar-refractivity contribution is 6.44. The fourth-order valence-electron chi connectivity index (χ4n) is 4.57. The van der Waals surface area contributed by atoms with Crippen LogP contribution in [0.2, 0.25) is 5.02 Å². The van der Waals surface area contributed by atoms with Gasteiger partial charge in [-0.05, 0) is 68.0 Å². The van der Waals surface area contributed by atoms with Crippen molar-refractivity contribution in [2.75, 3.05) is 5.32 Å². The summed E-state index contributed by atoms with van der Waals surface area (Å²) >= 11 is 6.19. The van der Waals surface area contributed by atoms with Crippen LogP contribution in [0.1, 0.15) is 62.8 Å². The van der Waals surface area contributed by atoms with Crippen LogP contribution in [0.25, 0.3) is 0 Å². The first-order chi connectivity index (χ1) is 16.2. The summed E-state index contributed by atoms with van der Waals surface area (Å²) in [6, 6.07) is 5.29. The van der Waals surface area contributed by atoms with Gasteiger partial charge in [0.05, 0.1) is 12.6 Å². The molecule has 1 aliphatic carbocycles. The topological polar surface area (TPSA) is 124 Å². The number of halogens is 1. The molecular weight excluding hydrogens is 458 g/mol. The van der Waals surface area contributed by atoms with Gasteiger partial charge in [-0.1, -0.05) is 17.7 Å². The van der Waals surface area contributed by atoms with E-state index in [4.69, 9.17) is 11.6 Å². The van der Waals surface area contributed by atoms with E-state index in [1.807, 2.05) is 17.6 Å². The molecule has 3 heterocycles. The second-order valence-electron chi connectivity index (χ2n) is 8.94. The summed E-state index contributed by atoms with van der Waals surface area (Å²) in [6.07, 6.45) is 2.69. The molecule has 2 aliphatic rings. The predicted molar refractivity (Wildman–Crippen MR) is 124 cm³/mol. The number of aryl methyl sites for hydroxylation is 2. The highest BCUT2D eigenvalue weighted by atomic mass is 35.5. The first kappa shape index (κ1) is 22.3. The van der Waals surface area contributed by atoms with Crippen LogP contribution in [0, 0.1) is 13.8 Å². The van der Waals surface area contributed by atoms with Crippen molar-refractivity contribution >= 4 is 34.9 Å². The SMILES string of the molecule is Cc1ccc(NC(=O)c2c(C)c(C(=O)C(=O)NC3(c4nnn(C)n4)CC3)c3n2CCC3)cc1Cl. The smallest absolute Gasteiger partial charge is 0.293 e. The fourth-order valence-corrected chi connectivity index (χ4v) is 4.75. The van der Waals surface area contributed by atoms with Crippen molar-refractivity contribution in [3.8, 4) is 0 Å². The number of fused-ring (bicyclic) bond motifs is 1. The number of aromatic nitrogens is 5. The normalized spacial score (nSPS) is 15.6. The maximum absolute atomic E-state index is 13.3. The zero-order valence-corrected chi connectivity index (χ0v) is 19.9. The minimum Gasteiger partial charge on any atom is -0.340 e. The molecule has 3 aromatic rings. The number of ketones is 1. The number of Topliss-reactive ketones (excluding diaryl/α,β-unsaturated/α-hetero) is 1. The number of hydrogen-bond donors (Lipinski definition) is 2. The molecule has 2 aromatic heterocycles. The molecule has 176 valence electrons. The van der Waals surface area contributed by atoms with Crippen LogP contribution < -0.4 is 10.6 Å². The lowest BCUT2D eigenvalue weighted by atomic mass is 10.0. The third-order valence-corrected chi connectivity index (χ3v) is 6.93. The van der Waals surface area contributed by atoms with Crippen molar-refractivity contribution in [3.63, 3.8) is 0 Å². The van der Waals surface area contributed by atoms with E-state index in [9.17, 15) is 14.4 Å². The third kappa shape index (κ3) is 3.67. The lowest BCUT2D eigenvalue weighted by Gasteiger charge is -2.13. The Labute approximate surface area is 200 Å². The molecule has 0 atom stereocenters. The van der Waals surface area contributed by atoms with Gasteiger partial charge in [-0.2, -0.15) is 4.80 Å². The number of rotatable bonds is 6. The molecule has 1 aliphatic heterocycles. The lowest BCUT2D eigenvalue weighted by molar-refractivity contribution is -0.118. The molecule has 10 nitrogen and oxygen atoms in total. The van der Waals surface area contributed by atoms with Gasteiger partial charge in [0.15, 0.2) is 5.82 Å². The third-order valence-electron chi connectivity index (χ3n) is 6.53. The molecule has 1 aromatic carbocycles. The first-order valence-corrected chi connectivity index (χ1v) is 11.5. The zero-order valence-electron chi connectivity index (χ0n) is 19.1. The van der Waals surface area contributed by atoms with Crippen LogP contribution in [0.15, 0.2) is 18.2 Å². The first-order valence-electron chi connectivity index (χ1n) is 11.1. The zero-order chi connectivity index (χ0) is 24.2. The molecule has 0 bridgehead atoms. The van der Waals surface area contributed by atoms with E-state index in [0.29, 0.717) is 64.9 Å². The molecule has 34 heavy (non-hydrogen) atoms. The Morgan fingerprint density at radius 1 is 1.18 bits per heavy atom. The number of nitrogens with one attached hydrogen (secondary N) is 2. The number of carbonyl (C=O) groups is 3. The molecule has 1 saturated carbocycles. The van der Waals surface area contributed by atoms with Gasteiger partial charge >= 0.3 is 0 Å². The van der Waals surface area contributed by atoms with E-state index in [-0.39, 0.29) is 5.91 Å². The van der Waals surface area contributed by atoms with E-state index in [1.54, 1.807) is 26.1 Å². The van der Waals surface area contributed by atoms with Crippen molar-refractivity contribution in [2.45, 2.75) is 51.6 Å². The summed E-state index contributed by atoms with van der Waals surface area (Å²) < 4.78 is 1.85. The number of amides is 2. The standard InChI is InChI=1S/C23H24ClN7O3/c1-12-6-7-14(11-15(12)24)25-20(33)18-13(2)17(16-5-4-10-31(16)18)19(32)21(34)26-23(8-9-23)22-27-29-30(3)28-22/h6-7,11H,4-5,8-10H2,1-3H3,(H,25,33)(H,26,34). The van der Waals surface area contributed by atoms with Crippen LogP contribution in [0.4, 0.5) is 5.69 Å². The molecule has 5 rings (SSSR count). The van der Waals surface area contributed by atoms with Crippen molar-refractivity contribution in [1.29, 1.82) is 0 Å². The second kappa shape index (κ2) is 8.05. The summed E-state index contributed by atoms with van der Waals surface area (Å²) in [4.78, 5) is 40.8. The molecule has 0 spiro atoms. The summed E-state index contributed by atoms with van der Waals surface area (Å²) in [6.45, 7) is 4.20. The Morgan fingerprint density at radius 2 is 1.94 bits per heavy atom. The number of carbonyl (C=O) groups excluding carboxylic acids is 3. The summed E-state index contributed by atoms with van der Waals surface area (Å²) in [5, 5.41) is 18.2. The molecule has 11 heteroatoms. The van der Waals surface area contributed by atoms with Crippen LogP contribution in [0.5, 0.6) is 0 Å². The summed E-state index contributed by atoms with van der Waals surface area (Å²) in [7, 11) is 1.64. The van der Waals surface area contributed by atoms with Gasteiger partial charge in [-0.15, -0.1) is 10.2 Å². The molecule has 1 fully saturated rings. The Balaban J connectivity index is 1.42. The van der Waals surface area contributed by atoms with E-state index in [2.05, 4.69) is 26.0 Å². The Kier molecular flexibility index (Phi) is 5.27. The Morgan fingerprint density at radius 3 is 2.59 bits per heavy atom. The molecule has 0 radical (unpaired) electrons. The Bertz CT molecular complexity index is 1350. The molecule has 0 unspecified atom stereocenters. The van der Waals surface area contributed by atoms with Crippen molar-refractivity contribution in [3.05, 3.63) is 57.1 Å². The Hall–Kier alpha value is -3.53. The van der Waals surface area contributed by atoms with Crippen molar-refractivity contribution in [2.24, 2.45) is 7.05 Å². The average molecular weight is 482 g/mol. The van der Waals surface area contributed by atoms with Crippen LogP contribution in [-0.2, 0) is 30.3 Å². The number of tetrazole rings is 1. The maximum atomic E-state index is 13.3. The summed E-state index contributed by atoms with van der Waals surface area (Å²) in [5.74, 6) is -1.34. The molecular formula is C23H24ClN7O3. The minimum atomic E-state index is -0.761. The van der Waals surface area contributed by atoms with Crippen molar-refractivity contribution < 1.29 is 14.4 Å². The lowest BCUT2D eigenvalue weighted by Crippen LogP contribution is -2.40. The number of anilines is 1. The molecule has 2 amide bonds. The van der Waals surface area contributed by atoms with E-state index in [1.165, 1.54) is 4.80 Å². The average Bonchev–Trinajstić information content (AvgIpc) is 3.08. The number of benzene rings is 1. The van der Waals surface area contributed by atoms with Gasteiger partial charge in [0, 0.05) is 22.9 Å². The molecule has 0 saturated heterocycles. The van der Waals surface area contributed by atoms with Crippen LogP contribution in [-0.4, -0.2) is 42.4 Å². The monoisotopic (exact) mass is 481 g/mol. The van der Waals surface area contributed by atoms with Crippen LogP contribution >= 0.6 is 11.6 Å². The van der Waals surface area contributed by atoms with Crippen molar-refractivity contribution in [1.82, 2.24) is 30.1 Å². The maximum Gasteiger partial charge on any atom is 0.293 e. The number of hydrogen-bond acceptors (Lipinski definition) is 6. The largest absolute Gasteiger partial charge is 0.340 e. The number of nitrogens with zero attached hydrogens (tertiary/aromatic N) is 5. The van der Waals surface area contributed by atoms with Gasteiger partial charge in [0.2, 0.25) is 0 Å².